The number of nitrogens with zero attached hydrogens (tertiary/aromatic N) is 1. The third-order valence-corrected chi connectivity index (χ3v) is 5.38. The van der Waals surface area contributed by atoms with Crippen LogP contribution in [0.15, 0.2) is 59.5 Å². The molecule has 4 rings (SSSR count). The van der Waals surface area contributed by atoms with Crippen molar-refractivity contribution in [2.75, 3.05) is 6.54 Å². The van der Waals surface area contributed by atoms with Crippen molar-refractivity contribution in [3.8, 4) is 0 Å². The molecule has 0 fully saturated rings. The van der Waals surface area contributed by atoms with Gasteiger partial charge >= 0.3 is 0 Å². The predicted molar refractivity (Wildman–Crippen MR) is 94.6 cm³/mol. The molecule has 0 saturated carbocycles. The lowest BCUT2D eigenvalue weighted by atomic mass is 10.2. The zero-order chi connectivity index (χ0) is 16.5. The maximum absolute atomic E-state index is 12.2. The molecule has 2 N–H and O–H groups in total. The van der Waals surface area contributed by atoms with E-state index in [9.17, 15) is 9.70 Å². The highest BCUT2D eigenvalue weighted by atomic mass is 32.2. The van der Waals surface area contributed by atoms with Crippen LogP contribution in [0.2, 0.25) is 0 Å². The molecule has 1 aliphatic heterocycles. The summed E-state index contributed by atoms with van der Waals surface area (Å²) in [4.78, 5) is 28.6. The average Bonchev–Trinajstić information content (AvgIpc) is 3.17. The van der Waals surface area contributed by atoms with Gasteiger partial charge in [0, 0.05) is 34.8 Å². The molecule has 6 heteroatoms. The van der Waals surface area contributed by atoms with E-state index >= 15 is 0 Å². The lowest BCUT2D eigenvalue weighted by molar-refractivity contribution is -0.476. The molecule has 3 aromatic rings. The minimum absolute atomic E-state index is 0.149. The fraction of sp³-hybridized carbons (Fsp3) is 0.167. The largest absolute Gasteiger partial charge is 0.351 e. The number of fused-ring (bicyclic) bond motifs is 2. The number of carbonyl (C=O) groups excluding carboxylic acids is 1. The van der Waals surface area contributed by atoms with Gasteiger partial charge in [-0.15, -0.1) is 0 Å². The van der Waals surface area contributed by atoms with Crippen LogP contribution in [-0.2, 0) is 0 Å². The maximum Gasteiger partial charge on any atom is 0.271 e. The number of carbonyl (C=O) groups is 1. The lowest BCUT2D eigenvalue weighted by Crippen LogP contribution is -2.28. The highest BCUT2D eigenvalue weighted by Gasteiger charge is 2.38. The highest BCUT2D eigenvalue weighted by molar-refractivity contribution is 8.00. The number of aromatic nitrogens is 1. The Hall–Kier alpha value is -2.60. The highest BCUT2D eigenvalue weighted by Crippen LogP contribution is 2.42. The molecule has 24 heavy (non-hydrogen) atoms. The van der Waals surface area contributed by atoms with Crippen LogP contribution in [-0.4, -0.2) is 27.6 Å². The minimum Gasteiger partial charge on any atom is -0.351 e. The van der Waals surface area contributed by atoms with Crippen LogP contribution in [0.3, 0.4) is 0 Å². The molecule has 0 radical (unpaired) electrons. The van der Waals surface area contributed by atoms with Crippen LogP contribution in [0.5, 0.6) is 0 Å². The Bertz CT molecular complexity index is 902. The van der Waals surface area contributed by atoms with Crippen LogP contribution >= 0.6 is 11.8 Å². The molecule has 1 aromatic heterocycles. The number of hydrogen-bond donors (Lipinski definition) is 2. The molecule has 2 heterocycles. The molecule has 1 unspecified atom stereocenters. The first-order valence-electron chi connectivity index (χ1n) is 7.80. The van der Waals surface area contributed by atoms with Crippen molar-refractivity contribution in [1.82, 2.24) is 10.3 Å². The van der Waals surface area contributed by atoms with Gasteiger partial charge in [-0.3, -0.25) is 4.79 Å². The number of H-pyrrole nitrogens is 1. The molecule has 0 bridgehead atoms. The zero-order valence-electron chi connectivity index (χ0n) is 12.9. The zero-order valence-corrected chi connectivity index (χ0v) is 13.7. The van der Waals surface area contributed by atoms with E-state index in [1.54, 1.807) is 11.8 Å². The summed E-state index contributed by atoms with van der Waals surface area (Å²) in [5.41, 5.74) is 2.20. The molecule has 1 amide bonds. The summed E-state index contributed by atoms with van der Waals surface area (Å²) in [6, 6.07) is 17.2. The monoisotopic (exact) mass is 338 g/mol. The van der Waals surface area contributed by atoms with Crippen LogP contribution in [0.4, 0.5) is 5.69 Å². The van der Waals surface area contributed by atoms with Gasteiger partial charge in [-0.05, 0) is 30.0 Å². The average molecular weight is 338 g/mol. The molecule has 1 atom stereocenters. The summed E-state index contributed by atoms with van der Waals surface area (Å²) in [6.45, 7) is 0.457. The fourth-order valence-electron chi connectivity index (χ4n) is 2.86. The number of hydrogen-bond acceptors (Lipinski definition) is 3. The van der Waals surface area contributed by atoms with Crippen molar-refractivity contribution in [1.29, 1.82) is 0 Å². The maximum atomic E-state index is 12.2. The SMILES string of the molecule is O=C(NCCC1Sc2ccccc2[N+]1=O)c1cc2ccccc2[nH]1. The summed E-state index contributed by atoms with van der Waals surface area (Å²) in [6.07, 6.45) is 0.592. The number of aromatic amines is 1. The predicted octanol–water partition coefficient (Wildman–Crippen LogP) is 3.83. The Balaban J connectivity index is 1.36. The Labute approximate surface area is 143 Å². The molecule has 1 aliphatic rings. The first-order valence-corrected chi connectivity index (χ1v) is 8.68. The summed E-state index contributed by atoms with van der Waals surface area (Å²) in [5, 5.41) is 3.71. The van der Waals surface area contributed by atoms with Crippen LogP contribution < -0.4 is 5.32 Å². The number of nitrogens with one attached hydrogen (secondary N) is 2. The Morgan fingerprint density at radius 2 is 1.96 bits per heavy atom. The number of amides is 1. The lowest BCUT2D eigenvalue weighted by Gasteiger charge is -2.04. The molecule has 0 spiro atoms. The quantitative estimate of drug-likeness (QED) is 0.711. The summed E-state index contributed by atoms with van der Waals surface area (Å²) in [5.74, 6) is -0.149. The van der Waals surface area contributed by atoms with Crippen LogP contribution in [0, 0.1) is 4.91 Å². The normalized spacial score (nSPS) is 16.3. The standard InChI is InChI=1S/C18H15N3O2S/c22-18(14-11-12-5-1-2-6-13(12)20-14)19-10-9-17-21(23)15-7-3-4-8-16(15)24-17/h1-8,11,17H,9-10H2,(H-,19,20,22)/p+1. The van der Waals surface area contributed by atoms with Gasteiger partial charge in [0.2, 0.25) is 0 Å². The summed E-state index contributed by atoms with van der Waals surface area (Å²) < 4.78 is 1.04. The molecular weight excluding hydrogens is 322 g/mol. The fourth-order valence-corrected chi connectivity index (χ4v) is 4.04. The smallest absolute Gasteiger partial charge is 0.271 e. The van der Waals surface area contributed by atoms with Crippen molar-refractivity contribution in [2.24, 2.45) is 0 Å². The summed E-state index contributed by atoms with van der Waals surface area (Å²) in [7, 11) is 0. The molecule has 120 valence electrons. The van der Waals surface area contributed by atoms with E-state index in [1.807, 2.05) is 54.6 Å². The van der Waals surface area contributed by atoms with Gasteiger partial charge in [0.05, 0.1) is 9.66 Å². The number of para-hydroxylation sites is 2. The van der Waals surface area contributed by atoms with E-state index in [2.05, 4.69) is 10.3 Å². The van der Waals surface area contributed by atoms with E-state index in [0.717, 1.165) is 26.2 Å². The third-order valence-electron chi connectivity index (χ3n) is 4.08. The van der Waals surface area contributed by atoms with Crippen molar-refractivity contribution < 1.29 is 9.55 Å². The van der Waals surface area contributed by atoms with E-state index in [0.29, 0.717) is 18.7 Å². The van der Waals surface area contributed by atoms with Gasteiger partial charge in [-0.1, -0.05) is 30.3 Å². The van der Waals surface area contributed by atoms with E-state index in [-0.39, 0.29) is 11.3 Å². The molecule has 2 aromatic carbocycles. The Morgan fingerprint density at radius 1 is 1.17 bits per heavy atom. The van der Waals surface area contributed by atoms with Gasteiger partial charge in [0.15, 0.2) is 0 Å². The van der Waals surface area contributed by atoms with Gasteiger partial charge in [-0.25, -0.2) is 0 Å². The second-order valence-corrected chi connectivity index (χ2v) is 6.90. The molecular formula is C18H16N3O2S+. The van der Waals surface area contributed by atoms with Gasteiger partial charge in [0.1, 0.15) is 5.69 Å². The first kappa shape index (κ1) is 15.0. The topological polar surface area (TPSA) is 65.0 Å². The minimum atomic E-state index is -0.189. The second-order valence-electron chi connectivity index (χ2n) is 5.68. The van der Waals surface area contributed by atoms with Gasteiger partial charge in [0.25, 0.3) is 17.0 Å². The number of thioether (sulfide) groups is 1. The van der Waals surface area contributed by atoms with Crippen molar-refractivity contribution in [3.63, 3.8) is 0 Å². The Kier molecular flexibility index (Phi) is 3.82. The second kappa shape index (κ2) is 6.13. The Morgan fingerprint density at radius 3 is 2.79 bits per heavy atom. The van der Waals surface area contributed by atoms with E-state index in [1.165, 1.54) is 0 Å². The molecule has 0 aliphatic carbocycles. The third kappa shape index (κ3) is 2.69. The van der Waals surface area contributed by atoms with Crippen LogP contribution in [0.25, 0.3) is 10.9 Å². The van der Waals surface area contributed by atoms with Gasteiger partial charge < -0.3 is 10.3 Å². The summed E-state index contributed by atoms with van der Waals surface area (Å²) >= 11 is 1.55. The van der Waals surface area contributed by atoms with E-state index < -0.39 is 0 Å². The van der Waals surface area contributed by atoms with Crippen LogP contribution in [0.1, 0.15) is 16.9 Å². The number of benzene rings is 2. The molecule has 0 saturated heterocycles. The molecule has 5 nitrogen and oxygen atoms in total. The van der Waals surface area contributed by atoms with Crippen molar-refractivity contribution in [3.05, 3.63) is 65.2 Å². The number of rotatable bonds is 4. The van der Waals surface area contributed by atoms with Crippen molar-refractivity contribution in [2.45, 2.75) is 16.7 Å². The first-order chi connectivity index (χ1) is 11.7. The van der Waals surface area contributed by atoms with Crippen molar-refractivity contribution >= 4 is 34.3 Å². The number of nitroso groups, excluding NO2 is 1. The van der Waals surface area contributed by atoms with E-state index in [4.69, 9.17) is 0 Å². The van der Waals surface area contributed by atoms with Gasteiger partial charge in [-0.2, -0.15) is 0 Å².